The number of hydrogen-bond donors (Lipinski definition) is 0. The maximum absolute atomic E-state index is 13.5. The van der Waals surface area contributed by atoms with Gasteiger partial charge in [0.25, 0.3) is 5.24 Å². The van der Waals surface area contributed by atoms with Crippen LogP contribution in [0.3, 0.4) is 0 Å². The lowest BCUT2D eigenvalue weighted by Gasteiger charge is -2.38. The SMILES string of the molecule is C=C(F)C(F)(F)OC(F)(C(F)(F)F)C(F)(F)OC(F)(C(=O)Cl)C(F)(F)F. The van der Waals surface area contributed by atoms with Crippen LogP contribution in [0.5, 0.6) is 0 Å². The van der Waals surface area contributed by atoms with Crippen molar-refractivity contribution in [2.45, 2.75) is 36.3 Å². The van der Waals surface area contributed by atoms with Crippen LogP contribution in [-0.2, 0) is 14.3 Å². The molecule has 3 nitrogen and oxygen atoms in total. The summed E-state index contributed by atoms with van der Waals surface area (Å²) in [5.41, 5.74) is 0. The molecule has 17 heteroatoms. The van der Waals surface area contributed by atoms with Crippen LogP contribution in [0.25, 0.3) is 0 Å². The lowest BCUT2D eigenvalue weighted by molar-refractivity contribution is -0.520. The van der Waals surface area contributed by atoms with E-state index in [1.165, 1.54) is 0 Å². The lowest BCUT2D eigenvalue weighted by Crippen LogP contribution is -2.65. The highest BCUT2D eigenvalue weighted by molar-refractivity contribution is 6.65. The molecule has 154 valence electrons. The molecule has 0 spiro atoms. The minimum Gasteiger partial charge on any atom is -0.274 e. The number of hydrogen-bond acceptors (Lipinski definition) is 3. The topological polar surface area (TPSA) is 35.5 Å². The molecule has 0 aliphatic rings. The first-order valence-electron chi connectivity index (χ1n) is 5.27. The summed E-state index contributed by atoms with van der Waals surface area (Å²) in [4.78, 5) is 10.3. The molecule has 0 aliphatic heterocycles. The predicted octanol–water partition coefficient (Wildman–Crippen LogP) is 4.91. The van der Waals surface area contributed by atoms with Crippen LogP contribution in [0, 0.1) is 0 Å². The molecule has 0 aromatic carbocycles. The van der Waals surface area contributed by atoms with E-state index in [1.807, 2.05) is 9.47 Å². The van der Waals surface area contributed by atoms with Crippen molar-refractivity contribution in [2.75, 3.05) is 0 Å². The fourth-order valence-electron chi connectivity index (χ4n) is 0.966. The smallest absolute Gasteiger partial charge is 0.274 e. The van der Waals surface area contributed by atoms with Crippen molar-refractivity contribution < 1.29 is 71.3 Å². The second-order valence-electron chi connectivity index (χ2n) is 4.10. The fraction of sp³-hybridized carbons (Fsp3) is 0.667. The molecule has 0 N–H and O–H groups in total. The number of alkyl halides is 12. The summed E-state index contributed by atoms with van der Waals surface area (Å²) in [6.07, 6.45) is -27.8. The van der Waals surface area contributed by atoms with E-state index in [4.69, 9.17) is 0 Å². The third-order valence-electron chi connectivity index (χ3n) is 2.21. The number of rotatable bonds is 7. The molecule has 0 radical (unpaired) electrons. The second kappa shape index (κ2) is 6.70. The van der Waals surface area contributed by atoms with Crippen molar-refractivity contribution in [1.29, 1.82) is 0 Å². The Balaban J connectivity index is 6.35. The van der Waals surface area contributed by atoms with Crippen LogP contribution in [0.15, 0.2) is 12.4 Å². The van der Waals surface area contributed by atoms with Gasteiger partial charge in [-0.05, 0) is 11.6 Å². The average Bonchev–Trinajstić information content (AvgIpc) is 2.33. The first-order chi connectivity index (χ1) is 11.1. The summed E-state index contributed by atoms with van der Waals surface area (Å²) in [7, 11) is 0. The Morgan fingerprint density at radius 3 is 1.38 bits per heavy atom. The Morgan fingerprint density at radius 1 is 0.769 bits per heavy atom. The number of carbonyl (C=O) groups is 1. The Hall–Kier alpha value is -1.29. The van der Waals surface area contributed by atoms with Crippen molar-refractivity contribution >= 4 is 16.8 Å². The largest absolute Gasteiger partial charge is 0.458 e. The van der Waals surface area contributed by atoms with Crippen LogP contribution >= 0.6 is 11.6 Å². The van der Waals surface area contributed by atoms with E-state index in [2.05, 4.69) is 11.6 Å². The lowest BCUT2D eigenvalue weighted by atomic mass is 10.2. The molecule has 0 aromatic heterocycles. The molecule has 2 atom stereocenters. The van der Waals surface area contributed by atoms with Crippen molar-refractivity contribution in [3.05, 3.63) is 12.4 Å². The maximum atomic E-state index is 13.5. The molecule has 0 aromatic rings. The molecule has 0 heterocycles. The van der Waals surface area contributed by atoms with Gasteiger partial charge in [0, 0.05) is 0 Å². The standard InChI is InChI=1S/C9H2ClF13O3/c1-2(11)5(13,14)26-6(15,8(19,20)21)9(22,23)25-4(12,3(10)24)7(16,17)18/h1H2. The Bertz CT molecular complexity index is 570. The molecule has 0 saturated heterocycles. The molecule has 0 fully saturated rings. The highest BCUT2D eigenvalue weighted by Crippen LogP contribution is 2.53. The summed E-state index contributed by atoms with van der Waals surface area (Å²) >= 11 is 3.96. The third-order valence-corrected chi connectivity index (χ3v) is 2.45. The van der Waals surface area contributed by atoms with Gasteiger partial charge in [-0.15, -0.1) is 0 Å². The van der Waals surface area contributed by atoms with E-state index in [1.54, 1.807) is 6.58 Å². The van der Waals surface area contributed by atoms with Gasteiger partial charge in [0.05, 0.1) is 0 Å². The van der Waals surface area contributed by atoms with Crippen LogP contribution < -0.4 is 0 Å². The van der Waals surface area contributed by atoms with Gasteiger partial charge in [0.2, 0.25) is 0 Å². The van der Waals surface area contributed by atoms with Crippen LogP contribution in [-0.4, -0.2) is 41.5 Å². The molecule has 0 bridgehead atoms. The first kappa shape index (κ1) is 24.7. The maximum Gasteiger partial charge on any atom is 0.458 e. The predicted molar refractivity (Wildman–Crippen MR) is 53.0 cm³/mol. The van der Waals surface area contributed by atoms with Crippen molar-refractivity contribution in [3.8, 4) is 0 Å². The zero-order valence-corrected chi connectivity index (χ0v) is 12.0. The van der Waals surface area contributed by atoms with Gasteiger partial charge in [-0.1, -0.05) is 6.58 Å². The quantitative estimate of drug-likeness (QED) is 0.417. The normalized spacial score (nSPS) is 18.8. The molecular formula is C9H2ClF13O3. The van der Waals surface area contributed by atoms with Crippen LogP contribution in [0.4, 0.5) is 57.1 Å². The minimum atomic E-state index is -7.38. The van der Waals surface area contributed by atoms with Gasteiger partial charge in [-0.2, -0.15) is 52.7 Å². The van der Waals surface area contributed by atoms with Gasteiger partial charge >= 0.3 is 36.3 Å². The molecule has 0 amide bonds. The van der Waals surface area contributed by atoms with Gasteiger partial charge in [0.1, 0.15) is 0 Å². The highest BCUT2D eigenvalue weighted by Gasteiger charge is 2.81. The highest BCUT2D eigenvalue weighted by atomic mass is 35.5. The molecule has 2 unspecified atom stereocenters. The summed E-state index contributed by atoms with van der Waals surface area (Å²) in [6.45, 7) is 1.63. The van der Waals surface area contributed by atoms with Crippen LogP contribution in [0.2, 0.25) is 0 Å². The molecule has 26 heavy (non-hydrogen) atoms. The average molecular weight is 441 g/mol. The molecule has 0 aliphatic carbocycles. The number of halogens is 14. The Labute approximate surface area is 138 Å². The van der Waals surface area contributed by atoms with Gasteiger partial charge in [0.15, 0.2) is 5.83 Å². The molecule has 0 saturated carbocycles. The Kier molecular flexibility index (Phi) is 6.37. The number of ether oxygens (including phenoxy) is 2. The van der Waals surface area contributed by atoms with E-state index in [-0.39, 0.29) is 0 Å². The van der Waals surface area contributed by atoms with E-state index >= 15 is 0 Å². The first-order valence-corrected chi connectivity index (χ1v) is 5.65. The van der Waals surface area contributed by atoms with Crippen molar-refractivity contribution in [1.82, 2.24) is 0 Å². The fourth-order valence-corrected chi connectivity index (χ4v) is 1.11. The number of carbonyl (C=O) groups excluding carboxylic acids is 1. The summed E-state index contributed by atoms with van der Waals surface area (Å²) in [5.74, 6) is -17.1. The van der Waals surface area contributed by atoms with Gasteiger partial charge in [-0.25, -0.2) is 4.39 Å². The van der Waals surface area contributed by atoms with Gasteiger partial charge < -0.3 is 0 Å². The van der Waals surface area contributed by atoms with E-state index < -0.39 is 47.3 Å². The van der Waals surface area contributed by atoms with Crippen molar-refractivity contribution in [2.24, 2.45) is 0 Å². The summed E-state index contributed by atoms with van der Waals surface area (Å²) < 4.78 is 169. The zero-order chi connectivity index (χ0) is 21.6. The van der Waals surface area contributed by atoms with E-state index in [0.717, 1.165) is 0 Å². The van der Waals surface area contributed by atoms with E-state index in [0.29, 0.717) is 0 Å². The third kappa shape index (κ3) is 4.33. The van der Waals surface area contributed by atoms with E-state index in [9.17, 15) is 61.9 Å². The summed E-state index contributed by atoms with van der Waals surface area (Å²) in [6, 6.07) is 0. The summed E-state index contributed by atoms with van der Waals surface area (Å²) in [5, 5.41) is -3.57. The second-order valence-corrected chi connectivity index (χ2v) is 4.45. The monoisotopic (exact) mass is 440 g/mol. The Morgan fingerprint density at radius 2 is 1.15 bits per heavy atom. The van der Waals surface area contributed by atoms with Gasteiger partial charge in [-0.3, -0.25) is 14.3 Å². The zero-order valence-electron chi connectivity index (χ0n) is 11.2. The van der Waals surface area contributed by atoms with Crippen LogP contribution in [0.1, 0.15) is 0 Å². The molecular weight excluding hydrogens is 439 g/mol. The van der Waals surface area contributed by atoms with Crippen molar-refractivity contribution in [3.63, 3.8) is 0 Å². The minimum absolute atomic E-state index is 1.63. The molecule has 0 rings (SSSR count).